The van der Waals surface area contributed by atoms with Crippen molar-refractivity contribution in [3.05, 3.63) is 47.5 Å². The lowest BCUT2D eigenvalue weighted by molar-refractivity contribution is 0.0664. The van der Waals surface area contributed by atoms with Crippen LogP contribution < -0.4 is 19.5 Å². The molecular formula is C20H22N2O4. The largest absolute Gasteiger partial charge is 0.493 e. The molecule has 2 aromatic rings. The molecule has 0 saturated heterocycles. The van der Waals surface area contributed by atoms with Crippen molar-refractivity contribution in [2.45, 2.75) is 25.0 Å². The highest BCUT2D eigenvalue weighted by atomic mass is 16.5. The number of benzene rings is 2. The summed E-state index contributed by atoms with van der Waals surface area (Å²) in [5, 5.41) is 3.51. The average molecular weight is 354 g/mol. The Kier molecular flexibility index (Phi) is 4.11. The van der Waals surface area contributed by atoms with Crippen LogP contribution in [0.2, 0.25) is 0 Å². The highest BCUT2D eigenvalue weighted by Crippen LogP contribution is 2.47. The molecule has 1 saturated carbocycles. The summed E-state index contributed by atoms with van der Waals surface area (Å²) in [6.07, 6.45) is 1.71. The lowest BCUT2D eigenvalue weighted by atomic mass is 10.0. The van der Waals surface area contributed by atoms with Gasteiger partial charge in [-0.05, 0) is 37.1 Å². The molecule has 4 rings (SSSR count). The van der Waals surface area contributed by atoms with E-state index in [1.807, 2.05) is 41.3 Å². The van der Waals surface area contributed by atoms with E-state index in [0.29, 0.717) is 22.8 Å². The van der Waals surface area contributed by atoms with Gasteiger partial charge in [-0.3, -0.25) is 4.79 Å². The Hall–Kier alpha value is -2.89. The molecule has 0 bridgehead atoms. The van der Waals surface area contributed by atoms with Crippen LogP contribution in [0.1, 0.15) is 34.9 Å². The maximum Gasteiger partial charge on any atom is 0.258 e. The lowest BCUT2D eigenvalue weighted by Crippen LogP contribution is -2.44. The van der Waals surface area contributed by atoms with Gasteiger partial charge in [0.2, 0.25) is 5.75 Å². The van der Waals surface area contributed by atoms with E-state index in [4.69, 9.17) is 14.2 Å². The summed E-state index contributed by atoms with van der Waals surface area (Å²) in [7, 11) is 4.77. The number of methoxy groups -OCH3 is 3. The lowest BCUT2D eigenvalue weighted by Gasteiger charge is -2.39. The summed E-state index contributed by atoms with van der Waals surface area (Å²) in [6, 6.07) is 11.6. The third kappa shape index (κ3) is 2.53. The van der Waals surface area contributed by atoms with Gasteiger partial charge in [0.05, 0.1) is 26.9 Å². The van der Waals surface area contributed by atoms with Gasteiger partial charge in [0.25, 0.3) is 5.91 Å². The van der Waals surface area contributed by atoms with Crippen molar-refractivity contribution in [3.8, 4) is 17.2 Å². The van der Waals surface area contributed by atoms with Crippen LogP contribution in [-0.2, 0) is 0 Å². The molecule has 1 N–H and O–H groups in total. The summed E-state index contributed by atoms with van der Waals surface area (Å²) < 4.78 is 16.5. The number of hydrogen-bond acceptors (Lipinski definition) is 5. The Morgan fingerprint density at radius 1 is 0.962 bits per heavy atom. The van der Waals surface area contributed by atoms with Crippen molar-refractivity contribution in [3.63, 3.8) is 0 Å². The van der Waals surface area contributed by atoms with Crippen LogP contribution in [0.4, 0.5) is 5.69 Å². The van der Waals surface area contributed by atoms with Gasteiger partial charge in [0.15, 0.2) is 11.5 Å². The van der Waals surface area contributed by atoms with Crippen LogP contribution in [-0.4, -0.2) is 38.2 Å². The molecule has 1 atom stereocenters. The van der Waals surface area contributed by atoms with Gasteiger partial charge in [-0.1, -0.05) is 12.1 Å². The first-order valence-electron chi connectivity index (χ1n) is 8.66. The molecule has 26 heavy (non-hydrogen) atoms. The summed E-state index contributed by atoms with van der Waals surface area (Å²) >= 11 is 0. The molecule has 1 amide bonds. The first-order valence-corrected chi connectivity index (χ1v) is 8.66. The fourth-order valence-corrected chi connectivity index (χ4v) is 3.57. The maximum atomic E-state index is 13.1. The quantitative estimate of drug-likeness (QED) is 0.891. The van der Waals surface area contributed by atoms with Crippen molar-refractivity contribution in [2.24, 2.45) is 0 Å². The fraction of sp³-hybridized carbons (Fsp3) is 0.350. The minimum atomic E-state index is -0.320. The molecule has 6 nitrogen and oxygen atoms in total. The van der Waals surface area contributed by atoms with E-state index in [2.05, 4.69) is 5.32 Å². The number of carbonyl (C=O) groups is 1. The summed E-state index contributed by atoms with van der Waals surface area (Å²) in [5.74, 6) is 1.73. The highest BCUT2D eigenvalue weighted by Gasteiger charge is 2.43. The second kappa shape index (κ2) is 6.44. The minimum Gasteiger partial charge on any atom is -0.493 e. The normalized spacial score (nSPS) is 18.8. The first kappa shape index (κ1) is 16.6. The van der Waals surface area contributed by atoms with E-state index in [1.54, 1.807) is 21.3 Å². The zero-order valence-corrected chi connectivity index (χ0v) is 15.1. The van der Waals surface area contributed by atoms with E-state index in [1.165, 1.54) is 0 Å². The minimum absolute atomic E-state index is 0.0451. The van der Waals surface area contributed by atoms with E-state index >= 15 is 0 Å². The van der Waals surface area contributed by atoms with Crippen LogP contribution in [0.5, 0.6) is 17.2 Å². The second-order valence-electron chi connectivity index (χ2n) is 6.46. The summed E-state index contributed by atoms with van der Waals surface area (Å²) in [5.41, 5.74) is 2.38. The number of nitrogens with zero attached hydrogens (tertiary/aromatic N) is 1. The third-order valence-electron chi connectivity index (χ3n) is 4.93. The van der Waals surface area contributed by atoms with Crippen LogP contribution in [0, 0.1) is 0 Å². The van der Waals surface area contributed by atoms with Crippen LogP contribution in [0.15, 0.2) is 36.4 Å². The number of carbonyl (C=O) groups excluding carboxylic acids is 1. The number of hydrogen-bond donors (Lipinski definition) is 1. The predicted octanol–water partition coefficient (Wildman–Crippen LogP) is 3.44. The molecule has 136 valence electrons. The Morgan fingerprint density at radius 2 is 1.69 bits per heavy atom. The van der Waals surface area contributed by atoms with Crippen molar-refractivity contribution in [1.82, 2.24) is 4.90 Å². The molecule has 1 heterocycles. The van der Waals surface area contributed by atoms with Crippen molar-refractivity contribution in [2.75, 3.05) is 26.6 Å². The third-order valence-corrected chi connectivity index (χ3v) is 4.93. The number of para-hydroxylation sites is 1. The molecule has 0 aromatic heterocycles. The van der Waals surface area contributed by atoms with Gasteiger partial charge in [0, 0.05) is 17.3 Å². The van der Waals surface area contributed by atoms with Crippen molar-refractivity contribution >= 4 is 11.6 Å². The monoisotopic (exact) mass is 354 g/mol. The molecule has 0 radical (unpaired) electrons. The smallest absolute Gasteiger partial charge is 0.258 e. The summed E-state index contributed by atoms with van der Waals surface area (Å²) in [6.45, 7) is 0. The molecule has 2 aromatic carbocycles. The number of ether oxygens (including phenoxy) is 3. The van der Waals surface area contributed by atoms with Crippen molar-refractivity contribution < 1.29 is 19.0 Å². The predicted molar refractivity (Wildman–Crippen MR) is 98.1 cm³/mol. The van der Waals surface area contributed by atoms with E-state index in [-0.39, 0.29) is 18.1 Å². The topological polar surface area (TPSA) is 60.0 Å². The van der Waals surface area contributed by atoms with E-state index in [9.17, 15) is 4.79 Å². The Bertz CT molecular complexity index is 848. The van der Waals surface area contributed by atoms with Gasteiger partial charge in [-0.2, -0.15) is 0 Å². The molecule has 1 aliphatic carbocycles. The zero-order valence-electron chi connectivity index (χ0n) is 15.1. The molecule has 6 heteroatoms. The fourth-order valence-electron chi connectivity index (χ4n) is 3.57. The van der Waals surface area contributed by atoms with Gasteiger partial charge in [-0.25, -0.2) is 0 Å². The Morgan fingerprint density at radius 3 is 2.35 bits per heavy atom. The summed E-state index contributed by atoms with van der Waals surface area (Å²) in [4.78, 5) is 15.1. The Labute approximate surface area is 152 Å². The van der Waals surface area contributed by atoms with Crippen molar-refractivity contribution in [1.29, 1.82) is 0 Å². The molecule has 1 fully saturated rings. The van der Waals surface area contributed by atoms with Crippen LogP contribution in [0.25, 0.3) is 0 Å². The van der Waals surface area contributed by atoms with Gasteiger partial charge in [0.1, 0.15) is 6.17 Å². The Balaban J connectivity index is 1.85. The number of amides is 1. The molecule has 0 spiro atoms. The van der Waals surface area contributed by atoms with E-state index < -0.39 is 0 Å². The number of nitrogens with one attached hydrogen (secondary N) is 1. The van der Waals surface area contributed by atoms with Crippen LogP contribution >= 0.6 is 0 Å². The standard InChI is InChI=1S/C20H22N2O4/c1-24-16-11-10-14(17(25-2)18(16)26-3)19-21-15-7-5-4-6-13(15)20(23)22(19)12-8-9-12/h4-7,10-12,19,21H,8-9H2,1-3H3/t19-/m0/s1. The molecular weight excluding hydrogens is 332 g/mol. The zero-order chi connectivity index (χ0) is 18.3. The molecule has 0 unspecified atom stereocenters. The van der Waals surface area contributed by atoms with E-state index in [0.717, 1.165) is 24.1 Å². The molecule has 1 aliphatic heterocycles. The maximum absolute atomic E-state index is 13.1. The SMILES string of the molecule is COc1ccc([C@H]2Nc3ccccc3C(=O)N2C2CC2)c(OC)c1OC. The van der Waals surface area contributed by atoms with Crippen LogP contribution in [0.3, 0.4) is 0 Å². The number of anilines is 1. The first-order chi connectivity index (χ1) is 12.7. The number of fused-ring (bicyclic) bond motifs is 1. The van der Waals surface area contributed by atoms with Gasteiger partial charge < -0.3 is 24.4 Å². The second-order valence-corrected chi connectivity index (χ2v) is 6.46. The number of rotatable bonds is 5. The average Bonchev–Trinajstić information content (AvgIpc) is 3.51. The molecule has 2 aliphatic rings. The highest BCUT2D eigenvalue weighted by molar-refractivity contribution is 6.02. The van der Waals surface area contributed by atoms with Gasteiger partial charge in [-0.15, -0.1) is 0 Å². The van der Waals surface area contributed by atoms with Gasteiger partial charge >= 0.3 is 0 Å².